The number of hydrogen-bond acceptors (Lipinski definition) is 5. The van der Waals surface area contributed by atoms with Crippen molar-refractivity contribution < 1.29 is 37.0 Å². The van der Waals surface area contributed by atoms with Crippen molar-refractivity contribution in [3.8, 4) is 0 Å². The van der Waals surface area contributed by atoms with Crippen molar-refractivity contribution in [2.24, 2.45) is 0 Å². The molecule has 1 fully saturated rings. The number of hydrogen-bond donors (Lipinski definition) is 1. The molecule has 7 nitrogen and oxygen atoms in total. The Bertz CT molecular complexity index is 767. The fourth-order valence-corrected chi connectivity index (χ4v) is 3.52. The first-order valence-electron chi connectivity index (χ1n) is 10.4. The first kappa shape index (κ1) is 25.9. The minimum Gasteiger partial charge on any atom is -0.444 e. The summed E-state index contributed by atoms with van der Waals surface area (Å²) >= 11 is 0. The van der Waals surface area contributed by atoms with Crippen LogP contribution >= 0.6 is 0 Å². The smallest absolute Gasteiger partial charge is 0.444 e. The molecule has 0 unspecified atom stereocenters. The van der Waals surface area contributed by atoms with Gasteiger partial charge in [-0.3, -0.25) is 4.79 Å². The lowest BCUT2D eigenvalue weighted by Gasteiger charge is -2.39. The highest BCUT2D eigenvalue weighted by Crippen LogP contribution is 2.30. The van der Waals surface area contributed by atoms with Gasteiger partial charge in [0, 0.05) is 13.7 Å². The number of rotatable bonds is 6. The summed E-state index contributed by atoms with van der Waals surface area (Å²) in [6.07, 6.45) is -6.54. The van der Waals surface area contributed by atoms with Crippen LogP contribution in [0, 0.1) is 0 Å². The van der Waals surface area contributed by atoms with E-state index in [2.05, 4.69) is 5.32 Å². The van der Waals surface area contributed by atoms with Crippen LogP contribution < -0.4 is 5.32 Å². The molecule has 0 saturated carbocycles. The minimum absolute atomic E-state index is 0.270. The Balaban J connectivity index is 2.10. The molecular weight excluding hydrogens is 429 g/mol. The average molecular weight is 460 g/mol. The van der Waals surface area contributed by atoms with Crippen LogP contribution in [0.3, 0.4) is 0 Å². The third kappa shape index (κ3) is 7.37. The van der Waals surface area contributed by atoms with E-state index in [1.807, 2.05) is 0 Å². The maximum atomic E-state index is 13.3. The molecule has 0 aromatic heterocycles. The van der Waals surface area contributed by atoms with Crippen LogP contribution in [-0.2, 0) is 19.0 Å². The van der Waals surface area contributed by atoms with Gasteiger partial charge >= 0.3 is 18.2 Å². The van der Waals surface area contributed by atoms with Crippen LogP contribution in [0.4, 0.5) is 18.0 Å². The Kier molecular flexibility index (Phi) is 8.53. The molecule has 2 rings (SSSR count). The van der Waals surface area contributed by atoms with E-state index in [9.17, 15) is 22.8 Å². The summed E-state index contributed by atoms with van der Waals surface area (Å²) in [6.45, 7) is 6.46. The van der Waals surface area contributed by atoms with Gasteiger partial charge in [-0.05, 0) is 46.1 Å². The van der Waals surface area contributed by atoms with Crippen LogP contribution in [0.1, 0.15) is 52.1 Å². The van der Waals surface area contributed by atoms with E-state index < -0.39 is 48.3 Å². The fourth-order valence-electron chi connectivity index (χ4n) is 3.52. The molecule has 1 aromatic rings. The third-order valence-electron chi connectivity index (χ3n) is 5.04. The number of alkyl halides is 3. The van der Waals surface area contributed by atoms with E-state index in [-0.39, 0.29) is 6.54 Å². The number of halogens is 3. The molecule has 32 heavy (non-hydrogen) atoms. The number of carbonyl (C=O) groups excluding carboxylic acids is 2. The number of benzene rings is 1. The van der Waals surface area contributed by atoms with Crippen molar-refractivity contribution in [1.29, 1.82) is 0 Å². The molecule has 1 aliphatic rings. The average Bonchev–Trinajstić information content (AvgIpc) is 2.70. The lowest BCUT2D eigenvalue weighted by Crippen LogP contribution is -2.54. The van der Waals surface area contributed by atoms with Crippen LogP contribution in [0.5, 0.6) is 0 Å². The van der Waals surface area contributed by atoms with E-state index in [1.165, 1.54) is 7.11 Å². The van der Waals surface area contributed by atoms with Crippen LogP contribution in [0.2, 0.25) is 0 Å². The molecule has 1 saturated heterocycles. The van der Waals surface area contributed by atoms with Crippen molar-refractivity contribution in [3.05, 3.63) is 35.9 Å². The molecule has 1 aromatic carbocycles. The molecule has 1 aliphatic heterocycles. The van der Waals surface area contributed by atoms with Gasteiger partial charge in [0.1, 0.15) is 5.60 Å². The highest BCUT2D eigenvalue weighted by atomic mass is 19.4. The molecule has 0 aliphatic carbocycles. The Morgan fingerprint density at radius 3 is 2.34 bits per heavy atom. The SMILES string of the molecule is CO[C@H]1O[C@H](CN(C(=O)C(F)(F)F)[C@H](C)c2ccccc2)CC[C@H]1NC(=O)OC(C)(C)C. The molecule has 0 bridgehead atoms. The van der Waals surface area contributed by atoms with Gasteiger partial charge in [-0.25, -0.2) is 4.79 Å². The van der Waals surface area contributed by atoms with Crippen molar-refractivity contribution in [2.45, 2.75) is 76.8 Å². The molecule has 180 valence electrons. The maximum Gasteiger partial charge on any atom is 0.471 e. The number of amides is 2. The molecular formula is C22H31F3N2O5. The highest BCUT2D eigenvalue weighted by Gasteiger charge is 2.45. The normalized spacial score (nSPS) is 22.7. The van der Waals surface area contributed by atoms with Crippen LogP contribution in [0.25, 0.3) is 0 Å². The number of alkyl carbamates (subject to hydrolysis) is 1. The summed E-state index contributed by atoms with van der Waals surface area (Å²) in [5, 5.41) is 2.67. The molecule has 10 heteroatoms. The maximum absolute atomic E-state index is 13.3. The second kappa shape index (κ2) is 10.5. The van der Waals surface area contributed by atoms with E-state index in [0.29, 0.717) is 18.4 Å². The Labute approximate surface area is 186 Å². The van der Waals surface area contributed by atoms with Gasteiger partial charge < -0.3 is 24.4 Å². The first-order chi connectivity index (χ1) is 14.8. The molecule has 1 heterocycles. The van der Waals surface area contributed by atoms with Gasteiger partial charge in [0.25, 0.3) is 0 Å². The molecule has 0 spiro atoms. The highest BCUT2D eigenvalue weighted by molar-refractivity contribution is 5.82. The lowest BCUT2D eigenvalue weighted by molar-refractivity contribution is -0.208. The number of ether oxygens (including phenoxy) is 3. The topological polar surface area (TPSA) is 77.1 Å². The molecule has 4 atom stereocenters. The Morgan fingerprint density at radius 1 is 1.19 bits per heavy atom. The number of methoxy groups -OCH3 is 1. The zero-order valence-corrected chi connectivity index (χ0v) is 18.9. The van der Waals surface area contributed by atoms with Crippen molar-refractivity contribution in [2.75, 3.05) is 13.7 Å². The van der Waals surface area contributed by atoms with Gasteiger partial charge in [0.15, 0.2) is 6.29 Å². The van der Waals surface area contributed by atoms with Gasteiger partial charge in [-0.15, -0.1) is 0 Å². The lowest BCUT2D eigenvalue weighted by atomic mass is 10.0. The summed E-state index contributed by atoms with van der Waals surface area (Å²) in [5.74, 6) is -1.93. The summed E-state index contributed by atoms with van der Waals surface area (Å²) in [4.78, 5) is 25.0. The predicted molar refractivity (Wildman–Crippen MR) is 111 cm³/mol. The summed E-state index contributed by atoms with van der Waals surface area (Å²) in [6, 6.07) is 7.14. The monoisotopic (exact) mass is 460 g/mol. The standard InChI is InChI=1S/C22H31F3N2O5/c1-14(15-9-7-6-8-10-15)27(19(28)22(23,24)25)13-16-11-12-17(18(30-5)31-16)26-20(29)32-21(2,3)4/h6-10,14,16-18H,11-13H2,1-5H3,(H,26,29)/t14-,16+,17-,18+/m1/s1. The van der Waals surface area contributed by atoms with Crippen LogP contribution in [0.15, 0.2) is 30.3 Å². The van der Waals surface area contributed by atoms with E-state index in [4.69, 9.17) is 14.2 Å². The minimum atomic E-state index is -5.01. The second-order valence-electron chi connectivity index (χ2n) is 8.73. The number of nitrogens with one attached hydrogen (secondary N) is 1. The third-order valence-corrected chi connectivity index (χ3v) is 5.04. The van der Waals surface area contributed by atoms with Gasteiger partial charge in [0.05, 0.1) is 18.2 Å². The molecule has 0 radical (unpaired) electrons. The summed E-state index contributed by atoms with van der Waals surface area (Å²) < 4.78 is 56.2. The predicted octanol–water partition coefficient (Wildman–Crippen LogP) is 4.18. The quantitative estimate of drug-likeness (QED) is 0.689. The summed E-state index contributed by atoms with van der Waals surface area (Å²) in [7, 11) is 1.38. The number of nitrogens with zero attached hydrogens (tertiary/aromatic N) is 1. The van der Waals surface area contributed by atoms with Gasteiger partial charge in [-0.2, -0.15) is 13.2 Å². The van der Waals surface area contributed by atoms with Crippen molar-refractivity contribution >= 4 is 12.0 Å². The largest absolute Gasteiger partial charge is 0.471 e. The fraction of sp³-hybridized carbons (Fsp3) is 0.636. The van der Waals surface area contributed by atoms with Gasteiger partial charge in [0.2, 0.25) is 0 Å². The zero-order chi connectivity index (χ0) is 24.1. The molecule has 2 amide bonds. The number of carbonyl (C=O) groups is 2. The van der Waals surface area contributed by atoms with Crippen molar-refractivity contribution in [3.63, 3.8) is 0 Å². The first-order valence-corrected chi connectivity index (χ1v) is 10.4. The Morgan fingerprint density at radius 2 is 1.81 bits per heavy atom. The van der Waals surface area contributed by atoms with E-state index >= 15 is 0 Å². The van der Waals surface area contributed by atoms with Crippen LogP contribution in [-0.4, -0.2) is 60.8 Å². The summed E-state index contributed by atoms with van der Waals surface area (Å²) in [5.41, 5.74) is -0.106. The Hall–Kier alpha value is -2.33. The second-order valence-corrected chi connectivity index (χ2v) is 8.73. The zero-order valence-electron chi connectivity index (χ0n) is 18.9. The van der Waals surface area contributed by atoms with E-state index in [1.54, 1.807) is 58.0 Å². The molecule has 1 N–H and O–H groups in total. The van der Waals surface area contributed by atoms with Gasteiger partial charge in [-0.1, -0.05) is 30.3 Å². The van der Waals surface area contributed by atoms with E-state index in [0.717, 1.165) is 4.90 Å². The van der Waals surface area contributed by atoms with Crippen molar-refractivity contribution in [1.82, 2.24) is 10.2 Å².